The van der Waals surface area contributed by atoms with Crippen molar-refractivity contribution in [2.45, 2.75) is 20.4 Å². The summed E-state index contributed by atoms with van der Waals surface area (Å²) in [5.74, 6) is 0.583. The number of phenolic OH excluding ortho intramolecular Hbond substituents is 1. The number of nitrogens with zero attached hydrogens (tertiary/aromatic N) is 1. The standard InChI is InChI=1S/C14H22N2O3/c1-10(2)7-16(9-13(15)17)8-11-5-4-6-12(19-3)14(11)18/h4-6,10,18H,7-9H2,1-3H3,(H2,15,17). The van der Waals surface area contributed by atoms with Crippen LogP contribution in [0.2, 0.25) is 0 Å². The predicted octanol–water partition coefficient (Wildman–Crippen LogP) is 1.34. The minimum Gasteiger partial charge on any atom is -0.504 e. The van der Waals surface area contributed by atoms with Crippen molar-refractivity contribution in [3.63, 3.8) is 0 Å². The molecule has 0 aliphatic carbocycles. The third-order valence-electron chi connectivity index (χ3n) is 2.70. The lowest BCUT2D eigenvalue weighted by Gasteiger charge is -2.23. The number of amides is 1. The fourth-order valence-corrected chi connectivity index (χ4v) is 2.02. The first-order chi connectivity index (χ1) is 8.93. The van der Waals surface area contributed by atoms with Crippen LogP contribution in [0.4, 0.5) is 0 Å². The van der Waals surface area contributed by atoms with E-state index in [2.05, 4.69) is 13.8 Å². The Morgan fingerprint density at radius 3 is 2.68 bits per heavy atom. The second-order valence-electron chi connectivity index (χ2n) is 5.00. The van der Waals surface area contributed by atoms with Crippen LogP contribution in [-0.2, 0) is 11.3 Å². The van der Waals surface area contributed by atoms with Crippen LogP contribution in [0.25, 0.3) is 0 Å². The zero-order chi connectivity index (χ0) is 14.4. The number of aromatic hydroxyl groups is 1. The number of carbonyl (C=O) groups is 1. The summed E-state index contributed by atoms with van der Waals surface area (Å²) in [5.41, 5.74) is 5.97. The highest BCUT2D eigenvalue weighted by atomic mass is 16.5. The van der Waals surface area contributed by atoms with E-state index >= 15 is 0 Å². The van der Waals surface area contributed by atoms with Crippen LogP contribution in [0.5, 0.6) is 11.5 Å². The molecule has 106 valence electrons. The first kappa shape index (κ1) is 15.3. The fraction of sp³-hybridized carbons (Fsp3) is 0.500. The first-order valence-corrected chi connectivity index (χ1v) is 6.29. The van der Waals surface area contributed by atoms with Gasteiger partial charge in [-0.1, -0.05) is 26.0 Å². The maximum Gasteiger partial charge on any atom is 0.231 e. The van der Waals surface area contributed by atoms with Gasteiger partial charge in [-0.25, -0.2) is 0 Å². The molecule has 5 heteroatoms. The number of phenols is 1. The lowest BCUT2D eigenvalue weighted by Crippen LogP contribution is -2.35. The molecule has 5 nitrogen and oxygen atoms in total. The Bertz CT molecular complexity index is 433. The maximum atomic E-state index is 11.1. The molecule has 1 amide bonds. The van der Waals surface area contributed by atoms with Crippen molar-refractivity contribution in [3.8, 4) is 11.5 Å². The van der Waals surface area contributed by atoms with Crippen LogP contribution in [0.15, 0.2) is 18.2 Å². The SMILES string of the molecule is COc1cccc(CN(CC(N)=O)CC(C)C)c1O. The minimum atomic E-state index is -0.372. The Kier molecular flexibility index (Phi) is 5.63. The highest BCUT2D eigenvalue weighted by Crippen LogP contribution is 2.30. The number of primary amides is 1. The molecule has 1 aromatic rings. The molecule has 19 heavy (non-hydrogen) atoms. The van der Waals surface area contributed by atoms with E-state index < -0.39 is 0 Å². The van der Waals surface area contributed by atoms with E-state index in [1.165, 1.54) is 7.11 Å². The van der Waals surface area contributed by atoms with E-state index in [1.807, 2.05) is 17.0 Å². The minimum absolute atomic E-state index is 0.114. The quantitative estimate of drug-likeness (QED) is 0.781. The highest BCUT2D eigenvalue weighted by molar-refractivity contribution is 5.75. The molecule has 0 spiro atoms. The second kappa shape index (κ2) is 6.99. The summed E-state index contributed by atoms with van der Waals surface area (Å²) in [4.78, 5) is 13.0. The summed E-state index contributed by atoms with van der Waals surface area (Å²) in [5, 5.41) is 10.0. The average molecular weight is 266 g/mol. The number of carbonyl (C=O) groups excluding carboxylic acids is 1. The van der Waals surface area contributed by atoms with Crippen LogP contribution in [0.3, 0.4) is 0 Å². The van der Waals surface area contributed by atoms with E-state index in [4.69, 9.17) is 10.5 Å². The van der Waals surface area contributed by atoms with Gasteiger partial charge >= 0.3 is 0 Å². The van der Waals surface area contributed by atoms with Crippen molar-refractivity contribution >= 4 is 5.91 Å². The van der Waals surface area contributed by atoms with Crippen LogP contribution in [0.1, 0.15) is 19.4 Å². The van der Waals surface area contributed by atoms with E-state index in [9.17, 15) is 9.90 Å². The largest absolute Gasteiger partial charge is 0.504 e. The van der Waals surface area contributed by atoms with Crippen LogP contribution in [-0.4, -0.2) is 36.1 Å². The molecule has 3 N–H and O–H groups in total. The monoisotopic (exact) mass is 266 g/mol. The number of benzene rings is 1. The molecule has 0 saturated heterocycles. The molecule has 1 rings (SSSR count). The third kappa shape index (κ3) is 4.79. The van der Waals surface area contributed by atoms with Gasteiger partial charge in [0.25, 0.3) is 0 Å². The van der Waals surface area contributed by atoms with Crippen molar-refractivity contribution in [1.29, 1.82) is 0 Å². The second-order valence-corrected chi connectivity index (χ2v) is 5.00. The molecule has 0 aliphatic heterocycles. The fourth-order valence-electron chi connectivity index (χ4n) is 2.02. The Morgan fingerprint density at radius 1 is 1.47 bits per heavy atom. The zero-order valence-corrected chi connectivity index (χ0v) is 11.7. The molecule has 0 unspecified atom stereocenters. The molecule has 0 bridgehead atoms. The van der Waals surface area contributed by atoms with Gasteiger partial charge in [0, 0.05) is 18.7 Å². The van der Waals surface area contributed by atoms with Crippen LogP contribution >= 0.6 is 0 Å². The van der Waals surface area contributed by atoms with Crippen LogP contribution in [0, 0.1) is 5.92 Å². The third-order valence-corrected chi connectivity index (χ3v) is 2.70. The first-order valence-electron chi connectivity index (χ1n) is 6.29. The summed E-state index contributed by atoms with van der Waals surface area (Å²) in [7, 11) is 1.51. The Hall–Kier alpha value is -1.75. The van der Waals surface area contributed by atoms with E-state index in [0.717, 1.165) is 12.1 Å². The topological polar surface area (TPSA) is 75.8 Å². The van der Waals surface area contributed by atoms with E-state index in [1.54, 1.807) is 6.07 Å². The van der Waals surface area contributed by atoms with Gasteiger partial charge in [-0.3, -0.25) is 9.69 Å². The average Bonchev–Trinajstić information content (AvgIpc) is 2.30. The predicted molar refractivity (Wildman–Crippen MR) is 74.0 cm³/mol. The molecule has 0 aliphatic rings. The van der Waals surface area contributed by atoms with Crippen LogP contribution < -0.4 is 10.5 Å². The lowest BCUT2D eigenvalue weighted by atomic mass is 10.1. The van der Waals surface area contributed by atoms with Gasteiger partial charge in [0.1, 0.15) is 0 Å². The Labute approximate surface area is 114 Å². The van der Waals surface area contributed by atoms with Crippen molar-refractivity contribution in [1.82, 2.24) is 4.90 Å². The molecule has 1 aromatic carbocycles. The number of methoxy groups -OCH3 is 1. The van der Waals surface area contributed by atoms with Crippen molar-refractivity contribution in [2.75, 3.05) is 20.2 Å². The molecular weight excluding hydrogens is 244 g/mol. The van der Waals surface area contributed by atoms with Gasteiger partial charge in [0.15, 0.2) is 11.5 Å². The number of hydrogen-bond donors (Lipinski definition) is 2. The summed E-state index contributed by atoms with van der Waals surface area (Å²) in [6.07, 6.45) is 0. The molecular formula is C14H22N2O3. The Balaban J connectivity index is 2.86. The van der Waals surface area contributed by atoms with Gasteiger partial charge in [-0.05, 0) is 12.0 Å². The Morgan fingerprint density at radius 2 is 2.16 bits per heavy atom. The lowest BCUT2D eigenvalue weighted by molar-refractivity contribution is -0.119. The smallest absolute Gasteiger partial charge is 0.231 e. The number of hydrogen-bond acceptors (Lipinski definition) is 4. The van der Waals surface area contributed by atoms with Crippen molar-refractivity contribution in [2.24, 2.45) is 11.7 Å². The number of para-hydroxylation sites is 1. The summed E-state index contributed by atoms with van der Waals surface area (Å²) in [6.45, 7) is 5.51. The van der Waals surface area contributed by atoms with Crippen molar-refractivity contribution < 1.29 is 14.6 Å². The van der Waals surface area contributed by atoms with Gasteiger partial charge in [-0.2, -0.15) is 0 Å². The zero-order valence-electron chi connectivity index (χ0n) is 11.7. The van der Waals surface area contributed by atoms with Gasteiger partial charge in [-0.15, -0.1) is 0 Å². The number of ether oxygens (including phenoxy) is 1. The van der Waals surface area contributed by atoms with Gasteiger partial charge in [0.2, 0.25) is 5.91 Å². The number of nitrogens with two attached hydrogens (primary N) is 1. The highest BCUT2D eigenvalue weighted by Gasteiger charge is 2.14. The molecule has 0 atom stereocenters. The summed E-state index contributed by atoms with van der Waals surface area (Å²) < 4.78 is 5.07. The number of rotatable bonds is 7. The van der Waals surface area contributed by atoms with E-state index in [-0.39, 0.29) is 18.2 Å². The normalized spacial score (nSPS) is 11.0. The van der Waals surface area contributed by atoms with Gasteiger partial charge in [0.05, 0.1) is 13.7 Å². The van der Waals surface area contributed by atoms with Crippen molar-refractivity contribution in [3.05, 3.63) is 23.8 Å². The summed E-state index contributed by atoms with van der Waals surface area (Å²) >= 11 is 0. The molecule has 0 aromatic heterocycles. The molecule has 0 radical (unpaired) electrons. The maximum absolute atomic E-state index is 11.1. The molecule has 0 saturated carbocycles. The van der Waals surface area contributed by atoms with E-state index in [0.29, 0.717) is 18.2 Å². The molecule has 0 fully saturated rings. The molecule has 0 heterocycles. The summed E-state index contributed by atoms with van der Waals surface area (Å²) in [6, 6.07) is 5.32. The van der Waals surface area contributed by atoms with Gasteiger partial charge < -0.3 is 15.6 Å².